The second-order valence-electron chi connectivity index (χ2n) is 4.53. The monoisotopic (exact) mass is 224 g/mol. The summed E-state index contributed by atoms with van der Waals surface area (Å²) in [7, 11) is 0. The smallest absolute Gasteiger partial charge is 0.0701 e. The molecule has 0 amide bonds. The number of aromatic nitrogens is 1. The van der Waals surface area contributed by atoms with Crippen LogP contribution in [0.15, 0.2) is 48.7 Å². The van der Waals surface area contributed by atoms with E-state index in [1.54, 1.807) is 0 Å². The Bertz CT molecular complexity index is 470. The van der Waals surface area contributed by atoms with Crippen molar-refractivity contribution in [1.82, 2.24) is 10.3 Å². The minimum atomic E-state index is 0.688. The van der Waals surface area contributed by atoms with E-state index in [1.807, 2.05) is 24.4 Å². The van der Waals surface area contributed by atoms with Gasteiger partial charge in [-0.3, -0.25) is 4.98 Å². The average molecular weight is 224 g/mol. The van der Waals surface area contributed by atoms with Gasteiger partial charge in [0.2, 0.25) is 0 Å². The Morgan fingerprint density at radius 1 is 1.06 bits per heavy atom. The molecule has 2 heteroatoms. The summed E-state index contributed by atoms with van der Waals surface area (Å²) < 4.78 is 0. The molecule has 0 saturated carbocycles. The van der Waals surface area contributed by atoms with Crippen LogP contribution >= 0.6 is 0 Å². The minimum Gasteiger partial charge on any atom is -0.316 e. The molecule has 86 valence electrons. The molecule has 1 aromatic heterocycles. The van der Waals surface area contributed by atoms with Crippen LogP contribution in [0.5, 0.6) is 0 Å². The van der Waals surface area contributed by atoms with Gasteiger partial charge in [-0.15, -0.1) is 0 Å². The highest BCUT2D eigenvalue weighted by Crippen LogP contribution is 2.24. The molecule has 1 aromatic carbocycles. The van der Waals surface area contributed by atoms with Crippen molar-refractivity contribution < 1.29 is 0 Å². The van der Waals surface area contributed by atoms with Gasteiger partial charge >= 0.3 is 0 Å². The molecule has 2 heterocycles. The van der Waals surface area contributed by atoms with Crippen LogP contribution in [0.1, 0.15) is 17.9 Å². The Morgan fingerprint density at radius 2 is 1.94 bits per heavy atom. The third-order valence-electron chi connectivity index (χ3n) is 3.40. The summed E-state index contributed by atoms with van der Waals surface area (Å²) in [6.07, 6.45) is 3.09. The normalized spacial score (nSPS) is 19.4. The fraction of sp³-hybridized carbons (Fsp3) is 0.267. The van der Waals surface area contributed by atoms with Crippen LogP contribution in [0.2, 0.25) is 0 Å². The van der Waals surface area contributed by atoms with E-state index in [9.17, 15) is 0 Å². The van der Waals surface area contributed by atoms with Gasteiger partial charge in [0.1, 0.15) is 0 Å². The first-order valence-electron chi connectivity index (χ1n) is 6.15. The third-order valence-corrected chi connectivity index (χ3v) is 3.40. The highest BCUT2D eigenvalue weighted by atomic mass is 14.9. The Labute approximate surface area is 102 Å². The third kappa shape index (κ3) is 2.22. The van der Waals surface area contributed by atoms with E-state index in [0.717, 1.165) is 18.8 Å². The maximum Gasteiger partial charge on any atom is 0.0701 e. The van der Waals surface area contributed by atoms with Crippen molar-refractivity contribution in [2.24, 2.45) is 0 Å². The Kier molecular flexibility index (Phi) is 2.88. The molecule has 1 saturated heterocycles. The molecule has 1 N–H and O–H groups in total. The standard InChI is InChI=1S/C15H16N2/c1-2-9-17-15(3-1)13-6-4-12(5-7-13)14-8-10-16-11-14/h1-7,9,14,16H,8,10-11H2. The molecule has 0 bridgehead atoms. The number of hydrogen-bond donors (Lipinski definition) is 1. The highest BCUT2D eigenvalue weighted by molar-refractivity contribution is 5.59. The lowest BCUT2D eigenvalue weighted by atomic mass is 9.97. The van der Waals surface area contributed by atoms with E-state index in [-0.39, 0.29) is 0 Å². The number of pyridine rings is 1. The van der Waals surface area contributed by atoms with E-state index >= 15 is 0 Å². The first-order valence-corrected chi connectivity index (χ1v) is 6.15. The molecule has 2 nitrogen and oxygen atoms in total. The zero-order valence-electron chi connectivity index (χ0n) is 9.76. The highest BCUT2D eigenvalue weighted by Gasteiger charge is 2.16. The van der Waals surface area contributed by atoms with E-state index in [0.29, 0.717) is 5.92 Å². The first kappa shape index (κ1) is 10.5. The van der Waals surface area contributed by atoms with Gasteiger partial charge in [0.15, 0.2) is 0 Å². The maximum absolute atomic E-state index is 4.36. The number of nitrogens with zero attached hydrogens (tertiary/aromatic N) is 1. The van der Waals surface area contributed by atoms with Gasteiger partial charge in [-0.05, 0) is 36.6 Å². The summed E-state index contributed by atoms with van der Waals surface area (Å²) in [4.78, 5) is 4.36. The van der Waals surface area contributed by atoms with Crippen LogP contribution in [0, 0.1) is 0 Å². The lowest BCUT2D eigenvalue weighted by molar-refractivity contribution is 0.763. The summed E-state index contributed by atoms with van der Waals surface area (Å²) in [6.45, 7) is 2.26. The van der Waals surface area contributed by atoms with Crippen LogP contribution < -0.4 is 5.32 Å². The van der Waals surface area contributed by atoms with Crippen LogP contribution in [0.4, 0.5) is 0 Å². The molecule has 1 fully saturated rings. The summed E-state index contributed by atoms with van der Waals surface area (Å²) in [5.41, 5.74) is 3.68. The van der Waals surface area contributed by atoms with Gasteiger partial charge in [-0.25, -0.2) is 0 Å². The largest absolute Gasteiger partial charge is 0.316 e. The molecule has 0 spiro atoms. The van der Waals surface area contributed by atoms with Gasteiger partial charge < -0.3 is 5.32 Å². The number of hydrogen-bond acceptors (Lipinski definition) is 2. The second kappa shape index (κ2) is 4.68. The molecule has 1 aliphatic heterocycles. The Hall–Kier alpha value is -1.67. The van der Waals surface area contributed by atoms with Gasteiger partial charge in [-0.2, -0.15) is 0 Å². The predicted octanol–water partition coefficient (Wildman–Crippen LogP) is 2.83. The van der Waals surface area contributed by atoms with Crippen LogP contribution in [-0.2, 0) is 0 Å². The fourth-order valence-corrected chi connectivity index (χ4v) is 2.40. The Morgan fingerprint density at radius 3 is 2.59 bits per heavy atom. The predicted molar refractivity (Wildman–Crippen MR) is 69.9 cm³/mol. The van der Waals surface area contributed by atoms with E-state index in [4.69, 9.17) is 0 Å². The van der Waals surface area contributed by atoms with E-state index < -0.39 is 0 Å². The molecular weight excluding hydrogens is 208 g/mol. The van der Waals surface area contributed by atoms with E-state index in [1.165, 1.54) is 17.5 Å². The summed E-state index contributed by atoms with van der Waals surface area (Å²) in [5, 5.41) is 3.40. The Balaban J connectivity index is 1.85. The second-order valence-corrected chi connectivity index (χ2v) is 4.53. The van der Waals surface area contributed by atoms with Crippen LogP contribution in [0.3, 0.4) is 0 Å². The van der Waals surface area contributed by atoms with Crippen molar-refractivity contribution in [3.8, 4) is 11.3 Å². The summed E-state index contributed by atoms with van der Waals surface area (Å²) >= 11 is 0. The van der Waals surface area contributed by atoms with E-state index in [2.05, 4.69) is 34.6 Å². The molecule has 17 heavy (non-hydrogen) atoms. The molecular formula is C15H16N2. The first-order chi connectivity index (χ1) is 8.43. The summed E-state index contributed by atoms with van der Waals surface area (Å²) in [5.74, 6) is 0.688. The SMILES string of the molecule is c1ccc(-c2ccc(C3CCNC3)cc2)nc1. The number of benzene rings is 1. The number of nitrogens with one attached hydrogen (secondary N) is 1. The van der Waals surface area contributed by atoms with Crippen LogP contribution in [-0.4, -0.2) is 18.1 Å². The van der Waals surface area contributed by atoms with Crippen molar-refractivity contribution in [3.05, 3.63) is 54.2 Å². The van der Waals surface area contributed by atoms with Gasteiger partial charge in [-0.1, -0.05) is 30.3 Å². The lowest BCUT2D eigenvalue weighted by Gasteiger charge is -2.09. The van der Waals surface area contributed by atoms with Crippen LogP contribution in [0.25, 0.3) is 11.3 Å². The summed E-state index contributed by atoms with van der Waals surface area (Å²) in [6, 6.07) is 14.8. The molecule has 1 atom stereocenters. The minimum absolute atomic E-state index is 0.688. The van der Waals surface area contributed by atoms with Gasteiger partial charge in [0.05, 0.1) is 5.69 Å². The van der Waals surface area contributed by atoms with Gasteiger partial charge in [0.25, 0.3) is 0 Å². The molecule has 2 aromatic rings. The van der Waals surface area contributed by atoms with Crippen molar-refractivity contribution in [3.63, 3.8) is 0 Å². The van der Waals surface area contributed by atoms with Crippen molar-refractivity contribution in [1.29, 1.82) is 0 Å². The molecule has 1 aliphatic rings. The molecule has 0 radical (unpaired) electrons. The molecule has 0 aliphatic carbocycles. The van der Waals surface area contributed by atoms with Crippen molar-refractivity contribution in [2.75, 3.05) is 13.1 Å². The van der Waals surface area contributed by atoms with Crippen molar-refractivity contribution in [2.45, 2.75) is 12.3 Å². The zero-order chi connectivity index (χ0) is 11.5. The topological polar surface area (TPSA) is 24.9 Å². The lowest BCUT2D eigenvalue weighted by Crippen LogP contribution is -2.07. The number of rotatable bonds is 2. The molecule has 1 unspecified atom stereocenters. The fourth-order valence-electron chi connectivity index (χ4n) is 2.40. The zero-order valence-corrected chi connectivity index (χ0v) is 9.76. The quantitative estimate of drug-likeness (QED) is 0.848. The molecule has 3 rings (SSSR count). The van der Waals surface area contributed by atoms with Crippen molar-refractivity contribution >= 4 is 0 Å². The average Bonchev–Trinajstić information content (AvgIpc) is 2.94. The maximum atomic E-state index is 4.36. The van der Waals surface area contributed by atoms with Gasteiger partial charge in [0, 0.05) is 18.3 Å².